The van der Waals surface area contributed by atoms with E-state index in [1.807, 2.05) is 6.08 Å². The lowest BCUT2D eigenvalue weighted by molar-refractivity contribution is -0.139. The molecule has 2 heterocycles. The van der Waals surface area contributed by atoms with E-state index in [9.17, 15) is 9.59 Å². The van der Waals surface area contributed by atoms with Crippen molar-refractivity contribution in [3.05, 3.63) is 22.8 Å². The van der Waals surface area contributed by atoms with Crippen molar-refractivity contribution in [1.82, 2.24) is 4.90 Å². The average Bonchev–Trinajstić information content (AvgIpc) is 3.57. The Balaban J connectivity index is 1.03. The molecule has 2 saturated heterocycles. The predicted octanol–water partition coefficient (Wildman–Crippen LogP) is 10.9. The highest BCUT2D eigenvalue weighted by molar-refractivity contribution is 5.91. The highest BCUT2D eigenvalue weighted by Crippen LogP contribution is 2.65. The zero-order valence-electron chi connectivity index (χ0n) is 31.1. The summed E-state index contributed by atoms with van der Waals surface area (Å²) in [6, 6.07) is 0.216. The largest absolute Gasteiger partial charge is 0.365 e. The molecule has 1 amide bonds. The summed E-state index contributed by atoms with van der Waals surface area (Å²) in [6.45, 7) is 12.8. The van der Waals surface area contributed by atoms with Crippen LogP contribution in [0.3, 0.4) is 0 Å². The van der Waals surface area contributed by atoms with E-state index in [4.69, 9.17) is 4.74 Å². The van der Waals surface area contributed by atoms with Crippen LogP contribution in [0.15, 0.2) is 22.8 Å². The van der Waals surface area contributed by atoms with Crippen LogP contribution in [-0.4, -0.2) is 40.9 Å². The Morgan fingerprint density at radius 1 is 0.915 bits per heavy atom. The Bertz CT molecular complexity index is 1190. The van der Waals surface area contributed by atoms with E-state index in [2.05, 4.69) is 39.5 Å². The van der Waals surface area contributed by atoms with Gasteiger partial charge in [-0.3, -0.25) is 9.59 Å². The molecule has 0 aromatic carbocycles. The number of piperidine rings is 1. The van der Waals surface area contributed by atoms with Crippen molar-refractivity contribution in [2.24, 2.45) is 35.0 Å². The zero-order valence-corrected chi connectivity index (χ0v) is 31.1. The number of hydrogen-bond acceptors (Lipinski definition) is 3. The summed E-state index contributed by atoms with van der Waals surface area (Å²) in [4.78, 5) is 28.5. The summed E-state index contributed by atoms with van der Waals surface area (Å²) >= 11 is 0. The van der Waals surface area contributed by atoms with Gasteiger partial charge in [0, 0.05) is 25.3 Å². The van der Waals surface area contributed by atoms with Crippen LogP contribution in [0.4, 0.5) is 0 Å². The Hall–Kier alpha value is -1.42. The predicted molar refractivity (Wildman–Crippen MR) is 193 cm³/mol. The molecule has 0 aromatic heterocycles. The Labute approximate surface area is 288 Å². The number of carbonyl (C=O) groups excluding carboxylic acids is 2. The molecule has 6 aliphatic rings. The third-order valence-corrected chi connectivity index (χ3v) is 14.7. The molecule has 47 heavy (non-hydrogen) atoms. The molecule has 2 saturated carbocycles. The summed E-state index contributed by atoms with van der Waals surface area (Å²) in [5, 5.41) is 0. The molecular formula is C43H69NO3. The minimum atomic E-state index is -0.213. The Morgan fingerprint density at radius 3 is 2.26 bits per heavy atom. The first-order chi connectivity index (χ1) is 22.7. The van der Waals surface area contributed by atoms with Crippen LogP contribution in [-0.2, 0) is 14.3 Å². The van der Waals surface area contributed by atoms with Gasteiger partial charge in [0.05, 0.1) is 17.7 Å². The van der Waals surface area contributed by atoms with Gasteiger partial charge in [-0.1, -0.05) is 116 Å². The average molecular weight is 648 g/mol. The number of amides is 1. The summed E-state index contributed by atoms with van der Waals surface area (Å²) in [6.07, 6.45) is 29.0. The Kier molecular flexibility index (Phi) is 11.5. The van der Waals surface area contributed by atoms with Gasteiger partial charge in [-0.15, -0.1) is 0 Å². The van der Waals surface area contributed by atoms with E-state index in [0.29, 0.717) is 41.8 Å². The second-order valence-electron chi connectivity index (χ2n) is 17.6. The number of rotatable bonds is 14. The van der Waals surface area contributed by atoms with Crippen LogP contribution in [0.2, 0.25) is 0 Å². The molecule has 6 rings (SSSR count). The number of allylic oxidation sites excluding steroid dienone is 3. The van der Waals surface area contributed by atoms with E-state index >= 15 is 0 Å². The molecule has 4 aliphatic carbocycles. The van der Waals surface area contributed by atoms with E-state index in [1.165, 1.54) is 107 Å². The lowest BCUT2D eigenvalue weighted by atomic mass is 9.56. The van der Waals surface area contributed by atoms with Crippen molar-refractivity contribution in [1.29, 1.82) is 0 Å². The molecule has 1 spiro atoms. The molecule has 4 nitrogen and oxygen atoms in total. The third kappa shape index (κ3) is 6.98. The van der Waals surface area contributed by atoms with Crippen molar-refractivity contribution in [3.8, 4) is 0 Å². The molecule has 2 aliphatic heterocycles. The number of fused-ring (bicyclic) bond motifs is 6. The van der Waals surface area contributed by atoms with Gasteiger partial charge in [0.15, 0.2) is 5.78 Å². The van der Waals surface area contributed by atoms with Gasteiger partial charge >= 0.3 is 0 Å². The van der Waals surface area contributed by atoms with Crippen molar-refractivity contribution in [2.75, 3.05) is 6.54 Å². The fourth-order valence-corrected chi connectivity index (χ4v) is 12.0. The van der Waals surface area contributed by atoms with Crippen molar-refractivity contribution < 1.29 is 14.3 Å². The van der Waals surface area contributed by atoms with Crippen LogP contribution in [0.5, 0.6) is 0 Å². The summed E-state index contributed by atoms with van der Waals surface area (Å²) in [5.74, 6) is 3.67. The molecular weight excluding hydrogens is 578 g/mol. The van der Waals surface area contributed by atoms with Crippen LogP contribution in [0.25, 0.3) is 0 Å². The van der Waals surface area contributed by atoms with Crippen LogP contribution in [0.1, 0.15) is 176 Å². The van der Waals surface area contributed by atoms with Crippen molar-refractivity contribution in [2.45, 2.75) is 194 Å². The number of unbranched alkanes of at least 4 members (excludes halogenated alkanes) is 12. The number of hydrogen-bond donors (Lipinski definition) is 0. The lowest BCUT2D eigenvalue weighted by Crippen LogP contribution is -2.54. The maximum absolute atomic E-state index is 13.9. The quantitative estimate of drug-likeness (QED) is 0.139. The highest BCUT2D eigenvalue weighted by atomic mass is 16.5. The molecule has 4 heteroatoms. The first-order valence-electron chi connectivity index (χ1n) is 20.6. The third-order valence-electron chi connectivity index (χ3n) is 14.7. The first kappa shape index (κ1) is 35.4. The molecule has 0 unspecified atom stereocenters. The van der Waals surface area contributed by atoms with Gasteiger partial charge in [-0.05, 0) is 99.0 Å². The van der Waals surface area contributed by atoms with E-state index in [1.54, 1.807) is 5.57 Å². The Morgan fingerprint density at radius 2 is 1.57 bits per heavy atom. The number of ether oxygens (including phenoxy) is 1. The maximum Gasteiger partial charge on any atom is 0.222 e. The second kappa shape index (κ2) is 15.2. The van der Waals surface area contributed by atoms with E-state index < -0.39 is 0 Å². The summed E-state index contributed by atoms with van der Waals surface area (Å²) < 4.78 is 7.29. The molecule has 264 valence electrons. The SMILES string of the molecule is CCCCCCCCCCCCCCCC(=O)N1C[C@@H](C)C[C@H]2O[C@]3(CC[C@@H]4C(=C3C)C[C@H]3[C@H]4CCC4=CC(=O)CC[C@@]43C)[C@H](C)[C@@H]21. The van der Waals surface area contributed by atoms with E-state index in [-0.39, 0.29) is 23.2 Å². The number of nitrogens with zero attached hydrogens (tertiary/aromatic N) is 1. The van der Waals surface area contributed by atoms with Gasteiger partial charge in [0.1, 0.15) is 0 Å². The smallest absolute Gasteiger partial charge is 0.222 e. The fourth-order valence-electron chi connectivity index (χ4n) is 12.0. The van der Waals surface area contributed by atoms with Gasteiger partial charge in [-0.2, -0.15) is 0 Å². The normalized spacial score (nSPS) is 37.9. The highest BCUT2D eigenvalue weighted by Gasteiger charge is 2.62. The number of likely N-dealkylation sites (tertiary alicyclic amines) is 1. The zero-order chi connectivity index (χ0) is 33.2. The minimum absolute atomic E-state index is 0.163. The van der Waals surface area contributed by atoms with Gasteiger partial charge in [0.2, 0.25) is 5.91 Å². The van der Waals surface area contributed by atoms with Gasteiger partial charge in [0.25, 0.3) is 0 Å². The van der Waals surface area contributed by atoms with Gasteiger partial charge < -0.3 is 9.64 Å². The second-order valence-corrected chi connectivity index (χ2v) is 17.6. The van der Waals surface area contributed by atoms with E-state index in [0.717, 1.165) is 51.0 Å². The van der Waals surface area contributed by atoms with Gasteiger partial charge in [-0.25, -0.2) is 0 Å². The number of carbonyl (C=O) groups is 2. The van der Waals surface area contributed by atoms with Crippen LogP contribution in [0, 0.1) is 35.0 Å². The van der Waals surface area contributed by atoms with Crippen molar-refractivity contribution in [3.63, 3.8) is 0 Å². The molecule has 0 N–H and O–H groups in total. The lowest BCUT2D eigenvalue weighted by Gasteiger charge is -2.48. The molecule has 9 atom stereocenters. The van der Waals surface area contributed by atoms with Crippen LogP contribution < -0.4 is 0 Å². The summed E-state index contributed by atoms with van der Waals surface area (Å²) in [5.41, 5.74) is 4.66. The monoisotopic (exact) mass is 648 g/mol. The van der Waals surface area contributed by atoms with Crippen molar-refractivity contribution >= 4 is 11.7 Å². The number of ketones is 1. The molecule has 0 radical (unpaired) electrons. The summed E-state index contributed by atoms with van der Waals surface area (Å²) in [7, 11) is 0. The standard InChI is InChI=1S/C43H69NO3/c1-6-7-8-9-10-11-12-13-14-15-16-17-18-19-40(46)44-29-30(2)26-39-41(44)32(4)43(47-39)25-23-35-36-21-20-33-27-34(45)22-24-42(33,5)38(36)28-37(35)31(43)3/h27,30,32,35-36,38-39,41H,6-26,28-29H2,1-5H3/t30-,32+,35-,36-,38-,39+,41-,42-,43-/m0/s1. The fraction of sp³-hybridized carbons (Fsp3) is 0.860. The molecule has 0 bridgehead atoms. The maximum atomic E-state index is 13.9. The molecule has 0 aromatic rings. The topological polar surface area (TPSA) is 46.6 Å². The first-order valence-corrected chi connectivity index (χ1v) is 20.6. The van der Waals surface area contributed by atoms with Crippen LogP contribution >= 0.6 is 0 Å². The molecule has 4 fully saturated rings. The minimum Gasteiger partial charge on any atom is -0.365 e.